The average Bonchev–Trinajstić information content (AvgIpc) is 3.29. The zero-order valence-corrected chi connectivity index (χ0v) is 21.2. The molecule has 0 unspecified atom stereocenters. The Kier molecular flexibility index (Phi) is 9.04. The van der Waals surface area contributed by atoms with Gasteiger partial charge in [-0.3, -0.25) is 14.6 Å². The van der Waals surface area contributed by atoms with Crippen molar-refractivity contribution in [3.8, 4) is 22.6 Å². The van der Waals surface area contributed by atoms with Crippen LogP contribution in [0.25, 0.3) is 0 Å². The highest BCUT2D eigenvalue weighted by Gasteiger charge is 2.19. The van der Waals surface area contributed by atoms with Crippen LogP contribution in [-0.4, -0.2) is 53.7 Å². The Labute approximate surface area is 207 Å². The normalized spacial score (nSPS) is 10.8. The molecule has 0 fully saturated rings. The highest BCUT2D eigenvalue weighted by atomic mass is 32.1. The van der Waals surface area contributed by atoms with Gasteiger partial charge in [-0.15, -0.1) is 0 Å². The fourth-order valence-corrected chi connectivity index (χ4v) is 3.62. The molecule has 4 N–H and O–H groups in total. The first-order chi connectivity index (χ1) is 16.8. The third kappa shape index (κ3) is 7.17. The Hall–Kier alpha value is -3.64. The quantitative estimate of drug-likeness (QED) is 0.274. The first-order valence-electron chi connectivity index (χ1n) is 11.1. The number of H-pyrrole nitrogens is 1. The van der Waals surface area contributed by atoms with Crippen LogP contribution in [-0.2, 0) is 0 Å². The van der Waals surface area contributed by atoms with Crippen LogP contribution in [0.1, 0.15) is 36.8 Å². The Bertz CT molecular complexity index is 1210. The van der Waals surface area contributed by atoms with E-state index in [-0.39, 0.29) is 28.4 Å². The number of carbonyl (C=O) groups excluding carboxylic acids is 1. The Morgan fingerprint density at radius 1 is 1.23 bits per heavy atom. The zero-order chi connectivity index (χ0) is 25.4. The maximum atomic E-state index is 12.8. The lowest BCUT2D eigenvalue weighted by molar-refractivity contribution is 0.102. The smallest absolute Gasteiger partial charge is 0.280 e. The van der Waals surface area contributed by atoms with E-state index >= 15 is 0 Å². The molecule has 3 aromatic rings. The van der Waals surface area contributed by atoms with E-state index < -0.39 is 11.5 Å². The largest absolute Gasteiger partial charge is 0.494 e. The minimum Gasteiger partial charge on any atom is -0.494 e. The van der Waals surface area contributed by atoms with Crippen molar-refractivity contribution in [2.24, 2.45) is 0 Å². The minimum absolute atomic E-state index is 0.0171. The van der Waals surface area contributed by atoms with Crippen molar-refractivity contribution in [3.63, 3.8) is 0 Å². The summed E-state index contributed by atoms with van der Waals surface area (Å²) < 4.78 is 16.6. The molecule has 2 heterocycles. The third-order valence-electron chi connectivity index (χ3n) is 4.67. The first-order valence-corrected chi connectivity index (χ1v) is 12.0. The van der Waals surface area contributed by atoms with E-state index in [1.54, 1.807) is 6.07 Å². The van der Waals surface area contributed by atoms with E-state index in [1.807, 2.05) is 39.8 Å². The molecule has 0 radical (unpaired) electrons. The van der Waals surface area contributed by atoms with Crippen LogP contribution in [0.2, 0.25) is 0 Å². The topological polar surface area (TPSA) is 139 Å². The molecule has 0 aliphatic rings. The van der Waals surface area contributed by atoms with Crippen molar-refractivity contribution in [1.29, 1.82) is 0 Å². The summed E-state index contributed by atoms with van der Waals surface area (Å²) in [6.45, 7) is 9.65. The number of thiazole rings is 1. The standard InChI is InChI=1S/C23H30N6O5S/c1-6-33-15-8-7-14(4)17(11-15)34-23-26-16(12-35-23)19(30)27-18-20(31)28-22(29-21(18)32-5)25-10-9-24-13(2)3/h7-8,11-13,24H,6,9-10H2,1-5H3,(H,27,30)(H2,25,28,29,31). The number of aromatic amines is 1. The molecule has 2 aromatic heterocycles. The number of anilines is 2. The van der Waals surface area contributed by atoms with Crippen molar-refractivity contribution in [3.05, 3.63) is 45.2 Å². The van der Waals surface area contributed by atoms with E-state index in [0.717, 1.165) is 16.9 Å². The number of hydrogen-bond acceptors (Lipinski definition) is 10. The molecule has 0 aliphatic carbocycles. The predicted octanol–water partition coefficient (Wildman–Crippen LogP) is 3.40. The van der Waals surface area contributed by atoms with Crippen LogP contribution >= 0.6 is 11.3 Å². The van der Waals surface area contributed by atoms with Crippen LogP contribution in [0.15, 0.2) is 28.4 Å². The van der Waals surface area contributed by atoms with E-state index in [9.17, 15) is 9.59 Å². The Morgan fingerprint density at radius 2 is 2.03 bits per heavy atom. The molecular formula is C23H30N6O5S. The van der Waals surface area contributed by atoms with Gasteiger partial charge in [-0.2, -0.15) is 9.97 Å². The summed E-state index contributed by atoms with van der Waals surface area (Å²) in [6, 6.07) is 5.85. The summed E-state index contributed by atoms with van der Waals surface area (Å²) in [5.74, 6) is 0.881. The molecule has 0 saturated carbocycles. The number of nitrogens with zero attached hydrogens (tertiary/aromatic N) is 2. The van der Waals surface area contributed by atoms with Crippen LogP contribution < -0.4 is 35.7 Å². The average molecular weight is 503 g/mol. The molecule has 0 saturated heterocycles. The van der Waals surface area contributed by atoms with Crippen LogP contribution in [0, 0.1) is 6.92 Å². The number of carbonyl (C=O) groups is 1. The van der Waals surface area contributed by atoms with E-state index in [2.05, 4.69) is 30.9 Å². The van der Waals surface area contributed by atoms with E-state index in [4.69, 9.17) is 14.2 Å². The number of aryl methyl sites for hydroxylation is 1. The van der Waals surface area contributed by atoms with Crippen LogP contribution in [0.3, 0.4) is 0 Å². The Morgan fingerprint density at radius 3 is 2.74 bits per heavy atom. The minimum atomic E-state index is -0.594. The fourth-order valence-electron chi connectivity index (χ4n) is 2.96. The summed E-state index contributed by atoms with van der Waals surface area (Å²) >= 11 is 1.16. The van der Waals surface area contributed by atoms with Gasteiger partial charge in [-0.1, -0.05) is 31.3 Å². The third-order valence-corrected chi connectivity index (χ3v) is 5.39. The van der Waals surface area contributed by atoms with Gasteiger partial charge in [0.05, 0.1) is 13.7 Å². The summed E-state index contributed by atoms with van der Waals surface area (Å²) in [5, 5.41) is 10.6. The summed E-state index contributed by atoms with van der Waals surface area (Å²) in [5.41, 5.74) is 0.316. The molecule has 0 atom stereocenters. The molecule has 12 heteroatoms. The number of aromatic nitrogens is 3. The van der Waals surface area contributed by atoms with Gasteiger partial charge in [-0.05, 0) is 25.5 Å². The van der Waals surface area contributed by atoms with E-state index in [1.165, 1.54) is 12.5 Å². The molecule has 0 aliphatic heterocycles. The van der Waals surface area contributed by atoms with E-state index in [0.29, 0.717) is 37.2 Å². The monoisotopic (exact) mass is 502 g/mol. The summed E-state index contributed by atoms with van der Waals surface area (Å²) in [7, 11) is 1.37. The number of benzene rings is 1. The summed E-state index contributed by atoms with van der Waals surface area (Å²) in [4.78, 5) is 36.4. The number of nitrogens with one attached hydrogen (secondary N) is 4. The van der Waals surface area contributed by atoms with Crippen molar-refractivity contribution < 1.29 is 19.0 Å². The molecule has 188 valence electrons. The van der Waals surface area contributed by atoms with Crippen molar-refractivity contribution in [1.82, 2.24) is 20.3 Å². The van der Waals surface area contributed by atoms with Gasteiger partial charge in [0.2, 0.25) is 11.8 Å². The molecule has 3 rings (SSSR count). The highest BCUT2D eigenvalue weighted by molar-refractivity contribution is 7.11. The molecule has 11 nitrogen and oxygen atoms in total. The van der Waals surface area contributed by atoms with Gasteiger partial charge in [0, 0.05) is 30.6 Å². The highest BCUT2D eigenvalue weighted by Crippen LogP contribution is 2.31. The number of amides is 1. The molecule has 0 spiro atoms. The lowest BCUT2D eigenvalue weighted by Crippen LogP contribution is -2.29. The number of ether oxygens (including phenoxy) is 3. The van der Waals surface area contributed by atoms with Crippen molar-refractivity contribution in [2.45, 2.75) is 33.7 Å². The molecule has 1 amide bonds. The van der Waals surface area contributed by atoms with Crippen molar-refractivity contribution in [2.75, 3.05) is 37.4 Å². The van der Waals surface area contributed by atoms with Gasteiger partial charge in [0.25, 0.3) is 16.7 Å². The maximum absolute atomic E-state index is 12.8. The first kappa shape index (κ1) is 26.0. The summed E-state index contributed by atoms with van der Waals surface area (Å²) in [6.07, 6.45) is 0. The van der Waals surface area contributed by atoms with Crippen LogP contribution in [0.5, 0.6) is 22.6 Å². The van der Waals surface area contributed by atoms with Gasteiger partial charge in [0.15, 0.2) is 5.69 Å². The lowest BCUT2D eigenvalue weighted by Gasteiger charge is -2.12. The second-order valence-electron chi connectivity index (χ2n) is 7.75. The van der Waals surface area contributed by atoms with Gasteiger partial charge < -0.3 is 30.2 Å². The lowest BCUT2D eigenvalue weighted by atomic mass is 10.2. The Balaban J connectivity index is 1.69. The zero-order valence-electron chi connectivity index (χ0n) is 20.4. The molecule has 1 aromatic carbocycles. The van der Waals surface area contributed by atoms with Gasteiger partial charge in [0.1, 0.15) is 17.2 Å². The number of rotatable bonds is 12. The van der Waals surface area contributed by atoms with Gasteiger partial charge in [-0.25, -0.2) is 0 Å². The second-order valence-corrected chi connectivity index (χ2v) is 8.57. The SMILES string of the molecule is CCOc1ccc(C)c(Oc2nc(C(=O)Nc3c(OC)nc(NCCNC(C)C)[nH]c3=O)cs2)c1. The number of methoxy groups -OCH3 is 1. The van der Waals surface area contributed by atoms with Gasteiger partial charge >= 0.3 is 0 Å². The van der Waals surface area contributed by atoms with Crippen molar-refractivity contribution >= 4 is 28.9 Å². The molecule has 35 heavy (non-hydrogen) atoms. The predicted molar refractivity (Wildman–Crippen MR) is 136 cm³/mol. The number of hydrogen-bond donors (Lipinski definition) is 4. The second kappa shape index (κ2) is 12.2. The molecular weight excluding hydrogens is 472 g/mol. The fraction of sp³-hybridized carbons (Fsp3) is 0.391. The maximum Gasteiger partial charge on any atom is 0.280 e. The molecule has 0 bridgehead atoms. The van der Waals surface area contributed by atoms with Crippen LogP contribution in [0.4, 0.5) is 11.6 Å².